The molecule has 0 aromatic heterocycles. The molecule has 102 valence electrons. The highest BCUT2D eigenvalue weighted by molar-refractivity contribution is 9.10. The van der Waals surface area contributed by atoms with Gasteiger partial charge in [0.1, 0.15) is 0 Å². The summed E-state index contributed by atoms with van der Waals surface area (Å²) >= 11 is 3.56. The Morgan fingerprint density at radius 2 is 2.06 bits per heavy atom. The van der Waals surface area contributed by atoms with Crippen molar-refractivity contribution in [2.75, 3.05) is 25.0 Å². The first kappa shape index (κ1) is 15.5. The summed E-state index contributed by atoms with van der Waals surface area (Å²) < 4.78 is 1.15. The number of rotatable bonds is 7. The fourth-order valence-electron chi connectivity index (χ4n) is 2.11. The van der Waals surface area contributed by atoms with Gasteiger partial charge in [0.25, 0.3) is 0 Å². The van der Waals surface area contributed by atoms with Gasteiger partial charge < -0.3 is 10.2 Å². The minimum Gasteiger partial charge on any atom is -0.374 e. The van der Waals surface area contributed by atoms with Gasteiger partial charge in [0, 0.05) is 30.3 Å². The van der Waals surface area contributed by atoms with E-state index in [2.05, 4.69) is 72.2 Å². The molecule has 0 heterocycles. The van der Waals surface area contributed by atoms with Crippen molar-refractivity contribution < 1.29 is 0 Å². The summed E-state index contributed by atoms with van der Waals surface area (Å²) in [6.07, 6.45) is 1.17. The Morgan fingerprint density at radius 1 is 1.33 bits per heavy atom. The lowest BCUT2D eigenvalue weighted by molar-refractivity contribution is 0.632. The summed E-state index contributed by atoms with van der Waals surface area (Å²) in [5.41, 5.74) is 2.69. The molecule has 0 spiro atoms. The van der Waals surface area contributed by atoms with Crippen LogP contribution >= 0.6 is 15.9 Å². The summed E-state index contributed by atoms with van der Waals surface area (Å²) in [5, 5.41) is 3.48. The zero-order valence-electron chi connectivity index (χ0n) is 12.0. The van der Waals surface area contributed by atoms with Crippen LogP contribution in [-0.2, 0) is 6.54 Å². The number of nitrogens with zero attached hydrogens (tertiary/aromatic N) is 1. The molecule has 1 N–H and O–H groups in total. The third-order valence-electron chi connectivity index (χ3n) is 2.83. The van der Waals surface area contributed by atoms with Gasteiger partial charge in [0.05, 0.1) is 0 Å². The molecule has 0 aliphatic heterocycles. The smallest absolute Gasteiger partial charge is 0.0410 e. The van der Waals surface area contributed by atoms with Crippen molar-refractivity contribution in [3.63, 3.8) is 0 Å². The Kier molecular flexibility index (Phi) is 6.72. The Bertz CT molecular complexity index is 364. The van der Waals surface area contributed by atoms with E-state index in [4.69, 9.17) is 0 Å². The highest BCUT2D eigenvalue weighted by atomic mass is 79.9. The van der Waals surface area contributed by atoms with E-state index in [1.807, 2.05) is 0 Å². The Balaban J connectivity index is 2.81. The molecule has 0 fully saturated rings. The first-order valence-electron chi connectivity index (χ1n) is 6.74. The van der Waals surface area contributed by atoms with Gasteiger partial charge in [0.15, 0.2) is 0 Å². The van der Waals surface area contributed by atoms with Gasteiger partial charge in [-0.2, -0.15) is 0 Å². The predicted molar refractivity (Wildman–Crippen MR) is 84.2 cm³/mol. The fourth-order valence-corrected chi connectivity index (χ4v) is 2.52. The second kappa shape index (κ2) is 7.80. The molecule has 0 atom stereocenters. The van der Waals surface area contributed by atoms with Crippen LogP contribution in [0.5, 0.6) is 0 Å². The van der Waals surface area contributed by atoms with Gasteiger partial charge in [0.2, 0.25) is 0 Å². The summed E-state index contributed by atoms with van der Waals surface area (Å²) in [7, 11) is 2.17. The molecule has 0 saturated heterocycles. The predicted octanol–water partition coefficient (Wildman–Crippen LogP) is 4.04. The quantitative estimate of drug-likeness (QED) is 0.764. The van der Waals surface area contributed by atoms with Crippen molar-refractivity contribution in [3.8, 4) is 0 Å². The molecule has 0 amide bonds. The molecule has 3 heteroatoms. The monoisotopic (exact) mass is 312 g/mol. The lowest BCUT2D eigenvalue weighted by atomic mass is 10.1. The van der Waals surface area contributed by atoms with Crippen molar-refractivity contribution in [2.24, 2.45) is 5.92 Å². The second-order valence-electron chi connectivity index (χ2n) is 5.22. The zero-order chi connectivity index (χ0) is 13.5. The van der Waals surface area contributed by atoms with Crippen LogP contribution in [0.1, 0.15) is 32.8 Å². The molecule has 2 nitrogen and oxygen atoms in total. The lowest BCUT2D eigenvalue weighted by Crippen LogP contribution is -2.25. The molecule has 0 aliphatic carbocycles. The number of benzene rings is 1. The van der Waals surface area contributed by atoms with Crippen LogP contribution in [0, 0.1) is 5.92 Å². The molecule has 18 heavy (non-hydrogen) atoms. The standard InChI is InChI=1S/C15H25BrN2/c1-5-8-17-10-13-9-14(16)6-7-15(13)18(4)11-12(2)3/h6-7,9,12,17H,5,8,10-11H2,1-4H3. The molecular weight excluding hydrogens is 288 g/mol. The van der Waals surface area contributed by atoms with Gasteiger partial charge in [-0.3, -0.25) is 0 Å². The number of nitrogens with one attached hydrogen (secondary N) is 1. The molecule has 0 unspecified atom stereocenters. The fraction of sp³-hybridized carbons (Fsp3) is 0.600. The zero-order valence-corrected chi connectivity index (χ0v) is 13.5. The Hall–Kier alpha value is -0.540. The molecule has 0 aliphatic rings. The summed E-state index contributed by atoms with van der Waals surface area (Å²) in [4.78, 5) is 2.35. The van der Waals surface area contributed by atoms with E-state index in [0.717, 1.165) is 24.1 Å². The molecule has 0 bridgehead atoms. The highest BCUT2D eigenvalue weighted by Gasteiger charge is 2.09. The van der Waals surface area contributed by atoms with Crippen LogP contribution in [0.4, 0.5) is 5.69 Å². The maximum Gasteiger partial charge on any atom is 0.0410 e. The van der Waals surface area contributed by atoms with E-state index in [1.165, 1.54) is 17.7 Å². The summed E-state index contributed by atoms with van der Waals surface area (Å²) in [6.45, 7) is 9.79. The van der Waals surface area contributed by atoms with Gasteiger partial charge in [-0.15, -0.1) is 0 Å². The van der Waals surface area contributed by atoms with E-state index < -0.39 is 0 Å². The molecule has 1 aromatic rings. The first-order valence-corrected chi connectivity index (χ1v) is 7.54. The van der Waals surface area contributed by atoms with E-state index in [1.54, 1.807) is 0 Å². The van der Waals surface area contributed by atoms with Crippen molar-refractivity contribution in [1.82, 2.24) is 5.32 Å². The number of halogens is 1. The molecule has 1 aromatic carbocycles. The Morgan fingerprint density at radius 3 is 2.67 bits per heavy atom. The van der Waals surface area contributed by atoms with Gasteiger partial charge in [-0.1, -0.05) is 36.7 Å². The largest absolute Gasteiger partial charge is 0.374 e. The average Bonchev–Trinajstić information content (AvgIpc) is 2.28. The van der Waals surface area contributed by atoms with Crippen molar-refractivity contribution in [1.29, 1.82) is 0 Å². The molecule has 0 radical (unpaired) electrons. The maximum atomic E-state index is 3.56. The van der Waals surface area contributed by atoms with E-state index in [0.29, 0.717) is 5.92 Å². The van der Waals surface area contributed by atoms with Crippen LogP contribution in [0.25, 0.3) is 0 Å². The van der Waals surface area contributed by atoms with E-state index in [9.17, 15) is 0 Å². The molecule has 0 saturated carbocycles. The van der Waals surface area contributed by atoms with Gasteiger partial charge in [-0.25, -0.2) is 0 Å². The van der Waals surface area contributed by atoms with Gasteiger partial charge >= 0.3 is 0 Å². The van der Waals surface area contributed by atoms with Crippen molar-refractivity contribution >= 4 is 21.6 Å². The van der Waals surface area contributed by atoms with Crippen molar-refractivity contribution in [3.05, 3.63) is 28.2 Å². The van der Waals surface area contributed by atoms with E-state index in [-0.39, 0.29) is 0 Å². The SMILES string of the molecule is CCCNCc1cc(Br)ccc1N(C)CC(C)C. The third kappa shape index (κ3) is 4.99. The Labute approximate surface area is 120 Å². The highest BCUT2D eigenvalue weighted by Crippen LogP contribution is 2.24. The lowest BCUT2D eigenvalue weighted by Gasteiger charge is -2.24. The van der Waals surface area contributed by atoms with Gasteiger partial charge in [-0.05, 0) is 42.6 Å². The second-order valence-corrected chi connectivity index (χ2v) is 6.14. The molecule has 1 rings (SSSR count). The minimum atomic E-state index is 0.676. The first-order chi connectivity index (χ1) is 8.54. The molecular formula is C15H25BrN2. The number of anilines is 1. The summed E-state index contributed by atoms with van der Waals surface area (Å²) in [5.74, 6) is 0.676. The van der Waals surface area contributed by atoms with Crippen LogP contribution in [0.2, 0.25) is 0 Å². The number of hydrogen-bond acceptors (Lipinski definition) is 2. The number of hydrogen-bond donors (Lipinski definition) is 1. The van der Waals surface area contributed by atoms with E-state index >= 15 is 0 Å². The van der Waals surface area contributed by atoms with Crippen LogP contribution in [0.3, 0.4) is 0 Å². The van der Waals surface area contributed by atoms with Crippen molar-refractivity contribution in [2.45, 2.75) is 33.7 Å². The minimum absolute atomic E-state index is 0.676. The average molecular weight is 313 g/mol. The van der Waals surface area contributed by atoms with Crippen LogP contribution < -0.4 is 10.2 Å². The maximum absolute atomic E-state index is 3.56. The normalized spacial score (nSPS) is 11.0. The third-order valence-corrected chi connectivity index (χ3v) is 3.33. The topological polar surface area (TPSA) is 15.3 Å². The van der Waals surface area contributed by atoms with Crippen LogP contribution in [0.15, 0.2) is 22.7 Å². The summed E-state index contributed by atoms with van der Waals surface area (Å²) in [6, 6.07) is 6.54. The van der Waals surface area contributed by atoms with Crippen LogP contribution in [-0.4, -0.2) is 20.1 Å².